The van der Waals surface area contributed by atoms with Gasteiger partial charge in [-0.25, -0.2) is 9.18 Å². The van der Waals surface area contributed by atoms with E-state index in [0.717, 1.165) is 18.7 Å². The van der Waals surface area contributed by atoms with E-state index in [0.29, 0.717) is 18.7 Å². The first-order chi connectivity index (χ1) is 10.8. The summed E-state index contributed by atoms with van der Waals surface area (Å²) in [5.41, 5.74) is 0.144. The summed E-state index contributed by atoms with van der Waals surface area (Å²) < 4.78 is 20.5. The zero-order chi connectivity index (χ0) is 16.6. The van der Waals surface area contributed by atoms with Gasteiger partial charge < -0.3 is 9.64 Å². The van der Waals surface area contributed by atoms with Crippen molar-refractivity contribution in [3.63, 3.8) is 0 Å². The van der Waals surface area contributed by atoms with Crippen LogP contribution in [0.15, 0.2) is 18.3 Å². The monoisotopic (exact) mass is 320 g/mol. The van der Waals surface area contributed by atoms with Crippen LogP contribution in [0.25, 0.3) is 5.65 Å². The second-order valence-electron chi connectivity index (χ2n) is 6.88. The minimum atomic E-state index is -0.491. The smallest absolute Gasteiger partial charge is 0.410 e. The number of fused-ring (bicyclic) bond motifs is 1. The number of ether oxygens (including phenoxy) is 1. The van der Waals surface area contributed by atoms with Crippen LogP contribution in [-0.2, 0) is 4.74 Å². The van der Waals surface area contributed by atoms with E-state index in [1.54, 1.807) is 15.4 Å². The van der Waals surface area contributed by atoms with Gasteiger partial charge in [-0.3, -0.25) is 4.40 Å². The summed E-state index contributed by atoms with van der Waals surface area (Å²) >= 11 is 0. The molecule has 0 radical (unpaired) electrons. The SMILES string of the molecule is CC(C)(C)OC(=O)N1CCC(c2nnc3ccc(F)cn23)CC1. The van der Waals surface area contributed by atoms with Crippen LogP contribution in [0.4, 0.5) is 9.18 Å². The molecule has 0 bridgehead atoms. The van der Waals surface area contributed by atoms with E-state index >= 15 is 0 Å². The van der Waals surface area contributed by atoms with Crippen LogP contribution in [0, 0.1) is 5.82 Å². The Kier molecular flexibility index (Phi) is 3.95. The fourth-order valence-electron chi connectivity index (χ4n) is 2.81. The van der Waals surface area contributed by atoms with Crippen LogP contribution in [0.3, 0.4) is 0 Å². The van der Waals surface area contributed by atoms with Gasteiger partial charge in [0.25, 0.3) is 0 Å². The summed E-state index contributed by atoms with van der Waals surface area (Å²) in [7, 11) is 0. The van der Waals surface area contributed by atoms with E-state index in [4.69, 9.17) is 4.74 Å². The summed E-state index contributed by atoms with van der Waals surface area (Å²) in [5, 5.41) is 8.28. The van der Waals surface area contributed by atoms with Gasteiger partial charge in [0.15, 0.2) is 5.65 Å². The molecule has 7 heteroatoms. The van der Waals surface area contributed by atoms with Crippen molar-refractivity contribution >= 4 is 11.7 Å². The summed E-state index contributed by atoms with van der Waals surface area (Å²) in [5.74, 6) is 0.596. The molecule has 0 unspecified atom stereocenters. The Bertz CT molecular complexity index is 714. The zero-order valence-electron chi connectivity index (χ0n) is 13.6. The van der Waals surface area contributed by atoms with E-state index < -0.39 is 5.60 Å². The number of piperidine rings is 1. The maximum Gasteiger partial charge on any atom is 0.410 e. The molecular formula is C16H21FN4O2. The summed E-state index contributed by atoms with van der Waals surface area (Å²) in [6, 6.07) is 2.99. The van der Waals surface area contributed by atoms with Crippen molar-refractivity contribution in [2.24, 2.45) is 0 Å². The van der Waals surface area contributed by atoms with Crippen LogP contribution < -0.4 is 0 Å². The molecule has 3 heterocycles. The highest BCUT2D eigenvalue weighted by molar-refractivity contribution is 5.68. The Morgan fingerprint density at radius 2 is 1.96 bits per heavy atom. The summed E-state index contributed by atoms with van der Waals surface area (Å²) in [6.07, 6.45) is 2.64. The Balaban J connectivity index is 1.69. The largest absolute Gasteiger partial charge is 0.444 e. The molecule has 0 aromatic carbocycles. The number of aromatic nitrogens is 3. The zero-order valence-corrected chi connectivity index (χ0v) is 13.6. The van der Waals surface area contributed by atoms with Crippen molar-refractivity contribution in [1.82, 2.24) is 19.5 Å². The Morgan fingerprint density at radius 1 is 1.26 bits per heavy atom. The van der Waals surface area contributed by atoms with E-state index in [9.17, 15) is 9.18 Å². The molecule has 23 heavy (non-hydrogen) atoms. The molecule has 1 saturated heterocycles. The van der Waals surface area contributed by atoms with Crippen molar-refractivity contribution in [3.8, 4) is 0 Å². The minimum Gasteiger partial charge on any atom is -0.444 e. The number of hydrogen-bond donors (Lipinski definition) is 0. The van der Waals surface area contributed by atoms with Crippen LogP contribution in [0.5, 0.6) is 0 Å². The third kappa shape index (κ3) is 3.43. The highest BCUT2D eigenvalue weighted by Gasteiger charge is 2.29. The summed E-state index contributed by atoms with van der Waals surface area (Å²) in [6.45, 7) is 6.77. The lowest BCUT2D eigenvalue weighted by molar-refractivity contribution is 0.0203. The Hall–Kier alpha value is -2.18. The number of carbonyl (C=O) groups excluding carboxylic acids is 1. The topological polar surface area (TPSA) is 59.7 Å². The molecule has 0 aliphatic carbocycles. The summed E-state index contributed by atoms with van der Waals surface area (Å²) in [4.78, 5) is 13.8. The lowest BCUT2D eigenvalue weighted by Gasteiger charge is -2.32. The van der Waals surface area contributed by atoms with E-state index in [-0.39, 0.29) is 17.8 Å². The Labute approximate surface area is 134 Å². The second kappa shape index (κ2) is 5.79. The number of carbonyl (C=O) groups is 1. The Morgan fingerprint density at radius 3 is 2.61 bits per heavy atom. The molecule has 1 fully saturated rings. The number of halogens is 1. The van der Waals surface area contributed by atoms with Crippen molar-refractivity contribution in [3.05, 3.63) is 30.0 Å². The van der Waals surface area contributed by atoms with Crippen molar-refractivity contribution in [2.45, 2.75) is 45.1 Å². The van der Waals surface area contributed by atoms with Gasteiger partial charge in [-0.2, -0.15) is 0 Å². The van der Waals surface area contributed by atoms with Gasteiger partial charge in [0.2, 0.25) is 0 Å². The number of nitrogens with zero attached hydrogens (tertiary/aromatic N) is 4. The van der Waals surface area contributed by atoms with E-state index in [1.807, 2.05) is 20.8 Å². The maximum absolute atomic E-state index is 13.4. The molecule has 6 nitrogen and oxygen atoms in total. The molecule has 3 rings (SSSR count). The molecule has 2 aromatic rings. The quantitative estimate of drug-likeness (QED) is 0.810. The van der Waals surface area contributed by atoms with Crippen LogP contribution >= 0.6 is 0 Å². The van der Waals surface area contributed by atoms with Crippen molar-refractivity contribution < 1.29 is 13.9 Å². The highest BCUT2D eigenvalue weighted by atomic mass is 19.1. The van der Waals surface area contributed by atoms with Gasteiger partial charge in [-0.05, 0) is 45.7 Å². The minimum absolute atomic E-state index is 0.158. The number of amides is 1. The molecule has 1 amide bonds. The van der Waals surface area contributed by atoms with E-state index in [1.165, 1.54) is 12.3 Å². The average molecular weight is 320 g/mol. The molecule has 0 N–H and O–H groups in total. The molecule has 124 valence electrons. The normalized spacial score (nSPS) is 16.8. The van der Waals surface area contributed by atoms with Gasteiger partial charge in [0.1, 0.15) is 17.2 Å². The number of likely N-dealkylation sites (tertiary alicyclic amines) is 1. The maximum atomic E-state index is 13.4. The number of hydrogen-bond acceptors (Lipinski definition) is 4. The predicted octanol–water partition coefficient (Wildman–Crippen LogP) is 2.98. The first-order valence-electron chi connectivity index (χ1n) is 7.81. The fourth-order valence-corrected chi connectivity index (χ4v) is 2.81. The lowest BCUT2D eigenvalue weighted by Crippen LogP contribution is -2.41. The predicted molar refractivity (Wildman–Crippen MR) is 82.7 cm³/mol. The first-order valence-corrected chi connectivity index (χ1v) is 7.81. The highest BCUT2D eigenvalue weighted by Crippen LogP contribution is 2.28. The van der Waals surface area contributed by atoms with Crippen molar-refractivity contribution in [2.75, 3.05) is 13.1 Å². The average Bonchev–Trinajstić information content (AvgIpc) is 2.88. The van der Waals surface area contributed by atoms with Gasteiger partial charge in [-0.1, -0.05) is 0 Å². The third-order valence-electron chi connectivity index (χ3n) is 3.90. The standard InChI is InChI=1S/C16H21FN4O2/c1-16(2,3)23-15(22)20-8-6-11(7-9-20)14-19-18-13-5-4-12(17)10-21(13)14/h4-5,10-11H,6-9H2,1-3H3. The van der Waals surface area contributed by atoms with E-state index in [2.05, 4.69) is 10.2 Å². The molecule has 1 aliphatic heterocycles. The molecule has 1 aliphatic rings. The van der Waals surface area contributed by atoms with Gasteiger partial charge in [-0.15, -0.1) is 10.2 Å². The molecule has 0 saturated carbocycles. The lowest BCUT2D eigenvalue weighted by atomic mass is 9.96. The van der Waals surface area contributed by atoms with Gasteiger partial charge in [0, 0.05) is 25.2 Å². The van der Waals surface area contributed by atoms with Gasteiger partial charge >= 0.3 is 6.09 Å². The second-order valence-corrected chi connectivity index (χ2v) is 6.88. The number of pyridine rings is 1. The van der Waals surface area contributed by atoms with Crippen LogP contribution in [0.1, 0.15) is 45.4 Å². The molecular weight excluding hydrogens is 299 g/mol. The molecule has 2 aromatic heterocycles. The van der Waals surface area contributed by atoms with Gasteiger partial charge in [0.05, 0.1) is 0 Å². The molecule has 0 spiro atoms. The number of rotatable bonds is 1. The molecule has 0 atom stereocenters. The third-order valence-corrected chi connectivity index (χ3v) is 3.90. The first kappa shape index (κ1) is 15.7. The van der Waals surface area contributed by atoms with Crippen LogP contribution in [0.2, 0.25) is 0 Å². The van der Waals surface area contributed by atoms with Crippen LogP contribution in [-0.4, -0.2) is 44.3 Å². The fraction of sp³-hybridized carbons (Fsp3) is 0.562. The van der Waals surface area contributed by atoms with Crippen molar-refractivity contribution in [1.29, 1.82) is 0 Å².